The maximum absolute atomic E-state index is 9.41. The zero-order valence-corrected chi connectivity index (χ0v) is 8.69. The van der Waals surface area contributed by atoms with E-state index in [1.807, 2.05) is 22.7 Å². The maximum atomic E-state index is 9.41. The Balaban J connectivity index is 2.69. The number of rotatable bonds is 1. The first-order valence-corrected chi connectivity index (χ1v) is 4.78. The fourth-order valence-electron chi connectivity index (χ4n) is 1.28. The van der Waals surface area contributed by atoms with Crippen LogP contribution in [0.1, 0.15) is 18.7 Å². The third kappa shape index (κ3) is 1.47. The molecule has 0 amide bonds. The van der Waals surface area contributed by atoms with E-state index in [4.69, 9.17) is 0 Å². The number of hydrogen-bond donors (Lipinski definition) is 1. The summed E-state index contributed by atoms with van der Waals surface area (Å²) in [6.07, 6.45) is 3.08. The summed E-state index contributed by atoms with van der Waals surface area (Å²) in [5.74, 6) is 0. The minimum Gasteiger partial charge on any atom is -0.387 e. The average molecular weight is 241 g/mol. The first-order valence-electron chi connectivity index (χ1n) is 3.99. The van der Waals surface area contributed by atoms with E-state index in [-0.39, 0.29) is 0 Å². The predicted molar refractivity (Wildman–Crippen MR) is 53.5 cm³/mol. The van der Waals surface area contributed by atoms with Crippen molar-refractivity contribution in [2.45, 2.75) is 13.0 Å². The van der Waals surface area contributed by atoms with Crippen LogP contribution in [0.5, 0.6) is 0 Å². The standard InChI is InChI=1S/C9H9BrN2O/c1-6(13)8-5-11-9-4-7(10)2-3-12(8)9/h2-6,13H,1H3. The lowest BCUT2D eigenvalue weighted by molar-refractivity contribution is 0.193. The molecule has 0 radical (unpaired) electrons. The molecule has 0 bridgehead atoms. The molecule has 0 aliphatic heterocycles. The van der Waals surface area contributed by atoms with Crippen molar-refractivity contribution in [2.75, 3.05) is 0 Å². The molecule has 0 saturated carbocycles. The molecule has 0 aromatic carbocycles. The molecule has 1 N–H and O–H groups in total. The van der Waals surface area contributed by atoms with E-state index in [0.717, 1.165) is 15.8 Å². The second-order valence-electron chi connectivity index (χ2n) is 2.93. The fraction of sp³-hybridized carbons (Fsp3) is 0.222. The summed E-state index contributed by atoms with van der Waals surface area (Å²) in [5.41, 5.74) is 1.65. The summed E-state index contributed by atoms with van der Waals surface area (Å²) in [6.45, 7) is 1.73. The second-order valence-corrected chi connectivity index (χ2v) is 3.85. The molecule has 3 nitrogen and oxygen atoms in total. The van der Waals surface area contributed by atoms with Gasteiger partial charge in [-0.15, -0.1) is 0 Å². The molecule has 0 spiro atoms. The van der Waals surface area contributed by atoms with Crippen LogP contribution in [-0.2, 0) is 0 Å². The van der Waals surface area contributed by atoms with Gasteiger partial charge < -0.3 is 9.51 Å². The van der Waals surface area contributed by atoms with Crippen LogP contribution in [0.25, 0.3) is 5.65 Å². The van der Waals surface area contributed by atoms with Crippen LogP contribution in [0.4, 0.5) is 0 Å². The van der Waals surface area contributed by atoms with Crippen molar-refractivity contribution < 1.29 is 5.11 Å². The van der Waals surface area contributed by atoms with Crippen molar-refractivity contribution in [3.05, 3.63) is 34.7 Å². The highest BCUT2D eigenvalue weighted by atomic mass is 79.9. The van der Waals surface area contributed by atoms with Gasteiger partial charge in [-0.05, 0) is 19.1 Å². The SMILES string of the molecule is CC(O)c1cnc2cc(Br)ccn12. The summed E-state index contributed by atoms with van der Waals surface area (Å²) in [4.78, 5) is 4.17. The summed E-state index contributed by atoms with van der Waals surface area (Å²) in [6, 6.07) is 3.83. The number of hydrogen-bond acceptors (Lipinski definition) is 2. The summed E-state index contributed by atoms with van der Waals surface area (Å²) in [7, 11) is 0. The molecular formula is C9H9BrN2O. The normalized spacial score (nSPS) is 13.5. The van der Waals surface area contributed by atoms with Crippen LogP contribution in [0.15, 0.2) is 29.0 Å². The number of nitrogens with zero attached hydrogens (tertiary/aromatic N) is 2. The Morgan fingerprint density at radius 2 is 2.38 bits per heavy atom. The smallest absolute Gasteiger partial charge is 0.138 e. The number of fused-ring (bicyclic) bond motifs is 1. The van der Waals surface area contributed by atoms with E-state index in [1.54, 1.807) is 13.1 Å². The minimum atomic E-state index is -0.490. The van der Waals surface area contributed by atoms with Gasteiger partial charge in [-0.25, -0.2) is 4.98 Å². The first-order chi connectivity index (χ1) is 6.18. The van der Waals surface area contributed by atoms with Gasteiger partial charge in [-0.2, -0.15) is 0 Å². The van der Waals surface area contributed by atoms with Gasteiger partial charge in [0, 0.05) is 10.7 Å². The van der Waals surface area contributed by atoms with E-state index in [0.29, 0.717) is 0 Å². The van der Waals surface area contributed by atoms with Crippen molar-refractivity contribution in [1.29, 1.82) is 0 Å². The number of aliphatic hydroxyl groups is 1. The maximum Gasteiger partial charge on any atom is 0.138 e. The lowest BCUT2D eigenvalue weighted by Crippen LogP contribution is -1.96. The molecular weight excluding hydrogens is 232 g/mol. The Morgan fingerprint density at radius 1 is 1.62 bits per heavy atom. The summed E-state index contributed by atoms with van der Waals surface area (Å²) in [5, 5.41) is 9.41. The molecule has 1 unspecified atom stereocenters. The third-order valence-electron chi connectivity index (χ3n) is 1.93. The van der Waals surface area contributed by atoms with Crippen LogP contribution >= 0.6 is 15.9 Å². The summed E-state index contributed by atoms with van der Waals surface area (Å²) < 4.78 is 2.86. The van der Waals surface area contributed by atoms with E-state index in [1.165, 1.54) is 0 Å². The van der Waals surface area contributed by atoms with Crippen molar-refractivity contribution in [3.63, 3.8) is 0 Å². The largest absolute Gasteiger partial charge is 0.387 e. The van der Waals surface area contributed by atoms with Gasteiger partial charge in [0.15, 0.2) is 0 Å². The van der Waals surface area contributed by atoms with Gasteiger partial charge in [-0.3, -0.25) is 0 Å². The van der Waals surface area contributed by atoms with Crippen molar-refractivity contribution in [3.8, 4) is 0 Å². The Labute approximate surface area is 84.2 Å². The molecule has 0 saturated heterocycles. The molecule has 2 rings (SSSR count). The van der Waals surface area contributed by atoms with Crippen LogP contribution < -0.4 is 0 Å². The lowest BCUT2D eigenvalue weighted by atomic mass is 10.3. The third-order valence-corrected chi connectivity index (χ3v) is 2.43. The number of halogens is 1. The predicted octanol–water partition coefficient (Wildman–Crippen LogP) is 2.15. The first kappa shape index (κ1) is 8.72. The average Bonchev–Trinajstić information content (AvgIpc) is 2.46. The van der Waals surface area contributed by atoms with E-state index < -0.39 is 6.10 Å². The lowest BCUT2D eigenvalue weighted by Gasteiger charge is -2.03. The number of pyridine rings is 1. The highest BCUT2D eigenvalue weighted by Gasteiger charge is 2.07. The van der Waals surface area contributed by atoms with E-state index in [2.05, 4.69) is 20.9 Å². The number of imidazole rings is 1. The fourth-order valence-corrected chi connectivity index (χ4v) is 1.61. The Morgan fingerprint density at radius 3 is 3.08 bits per heavy atom. The van der Waals surface area contributed by atoms with Gasteiger partial charge in [0.1, 0.15) is 5.65 Å². The van der Waals surface area contributed by atoms with Gasteiger partial charge in [0.25, 0.3) is 0 Å². The quantitative estimate of drug-likeness (QED) is 0.830. The monoisotopic (exact) mass is 240 g/mol. The molecule has 2 aromatic rings. The molecule has 0 aliphatic rings. The number of aliphatic hydroxyl groups excluding tert-OH is 1. The Kier molecular flexibility index (Phi) is 2.09. The highest BCUT2D eigenvalue weighted by Crippen LogP contribution is 2.17. The molecule has 1 atom stereocenters. The van der Waals surface area contributed by atoms with Crippen molar-refractivity contribution >= 4 is 21.6 Å². The Bertz CT molecular complexity index is 436. The van der Waals surface area contributed by atoms with Gasteiger partial charge in [-0.1, -0.05) is 15.9 Å². The van der Waals surface area contributed by atoms with Gasteiger partial charge in [0.05, 0.1) is 18.0 Å². The topological polar surface area (TPSA) is 37.5 Å². The molecule has 0 fully saturated rings. The van der Waals surface area contributed by atoms with Crippen LogP contribution in [0, 0.1) is 0 Å². The van der Waals surface area contributed by atoms with Crippen molar-refractivity contribution in [2.24, 2.45) is 0 Å². The van der Waals surface area contributed by atoms with E-state index >= 15 is 0 Å². The van der Waals surface area contributed by atoms with Crippen LogP contribution in [0.3, 0.4) is 0 Å². The highest BCUT2D eigenvalue weighted by molar-refractivity contribution is 9.10. The van der Waals surface area contributed by atoms with Gasteiger partial charge >= 0.3 is 0 Å². The molecule has 0 aliphatic carbocycles. The van der Waals surface area contributed by atoms with E-state index in [9.17, 15) is 5.11 Å². The van der Waals surface area contributed by atoms with Crippen molar-refractivity contribution in [1.82, 2.24) is 9.38 Å². The zero-order chi connectivity index (χ0) is 9.42. The Hall–Kier alpha value is -0.870. The molecule has 13 heavy (non-hydrogen) atoms. The molecule has 68 valence electrons. The van der Waals surface area contributed by atoms with Crippen LogP contribution in [0.2, 0.25) is 0 Å². The second kappa shape index (κ2) is 3.12. The molecule has 2 heterocycles. The zero-order valence-electron chi connectivity index (χ0n) is 7.11. The minimum absolute atomic E-state index is 0.490. The molecule has 2 aromatic heterocycles. The van der Waals surface area contributed by atoms with Crippen LogP contribution in [-0.4, -0.2) is 14.5 Å². The molecule has 4 heteroatoms. The summed E-state index contributed by atoms with van der Waals surface area (Å²) >= 11 is 3.36. The van der Waals surface area contributed by atoms with Gasteiger partial charge in [0.2, 0.25) is 0 Å². The number of aromatic nitrogens is 2.